The number of hydrogen-bond acceptors (Lipinski definition) is 6. The van der Waals surface area contributed by atoms with Crippen molar-refractivity contribution in [2.24, 2.45) is 0 Å². The molecule has 0 unspecified atom stereocenters. The molecular formula is C20H22N4O4. The molecule has 2 aliphatic rings. The van der Waals surface area contributed by atoms with Gasteiger partial charge in [-0.05, 0) is 50.3 Å². The maximum Gasteiger partial charge on any atom is 0.316 e. The van der Waals surface area contributed by atoms with Crippen LogP contribution in [0.25, 0.3) is 11.4 Å². The number of amides is 2. The number of allylic oxidation sites excluding steroid dienone is 1. The van der Waals surface area contributed by atoms with Gasteiger partial charge in [-0.2, -0.15) is 4.98 Å². The zero-order valence-electron chi connectivity index (χ0n) is 15.7. The molecule has 8 nitrogen and oxygen atoms in total. The highest BCUT2D eigenvalue weighted by molar-refractivity contribution is 5.97. The normalized spacial score (nSPS) is 16.2. The van der Waals surface area contributed by atoms with Crippen LogP contribution in [0.2, 0.25) is 0 Å². The van der Waals surface area contributed by atoms with Gasteiger partial charge in [-0.15, -0.1) is 0 Å². The van der Waals surface area contributed by atoms with Crippen LogP contribution in [-0.4, -0.2) is 42.2 Å². The minimum atomic E-state index is -0.380. The molecule has 1 aliphatic carbocycles. The second-order valence-corrected chi connectivity index (χ2v) is 6.96. The highest BCUT2D eigenvalue weighted by Gasteiger charge is 2.23. The van der Waals surface area contributed by atoms with Crippen molar-refractivity contribution < 1.29 is 18.8 Å². The first kappa shape index (κ1) is 18.2. The van der Waals surface area contributed by atoms with Crippen LogP contribution in [0.15, 0.2) is 34.4 Å². The fourth-order valence-electron chi connectivity index (χ4n) is 3.39. The number of benzene rings is 1. The summed E-state index contributed by atoms with van der Waals surface area (Å²) in [7, 11) is 1.70. The van der Waals surface area contributed by atoms with E-state index in [9.17, 15) is 9.59 Å². The number of fused-ring (bicyclic) bond motifs is 1. The molecule has 1 aliphatic heterocycles. The van der Waals surface area contributed by atoms with Crippen molar-refractivity contribution in [1.29, 1.82) is 0 Å². The number of likely N-dealkylation sites (N-methyl/N-ethyl adjacent to an activating group) is 1. The van der Waals surface area contributed by atoms with E-state index in [-0.39, 0.29) is 24.3 Å². The largest absolute Gasteiger partial charge is 0.482 e. The van der Waals surface area contributed by atoms with Crippen molar-refractivity contribution in [2.75, 3.05) is 25.1 Å². The molecule has 28 heavy (non-hydrogen) atoms. The minimum Gasteiger partial charge on any atom is -0.482 e. The third-order valence-corrected chi connectivity index (χ3v) is 5.04. The first-order valence-corrected chi connectivity index (χ1v) is 9.45. The van der Waals surface area contributed by atoms with Gasteiger partial charge in [0, 0.05) is 19.2 Å². The van der Waals surface area contributed by atoms with Crippen molar-refractivity contribution in [3.05, 3.63) is 35.7 Å². The van der Waals surface area contributed by atoms with Gasteiger partial charge >= 0.3 is 11.8 Å². The smallest absolute Gasteiger partial charge is 0.316 e. The van der Waals surface area contributed by atoms with Gasteiger partial charge in [0.25, 0.3) is 5.91 Å². The fraction of sp³-hybridized carbons (Fsp3) is 0.400. The number of hydrogen-bond donors (Lipinski definition) is 1. The third-order valence-electron chi connectivity index (χ3n) is 5.04. The Morgan fingerprint density at radius 3 is 3.04 bits per heavy atom. The molecule has 2 aromatic rings. The summed E-state index contributed by atoms with van der Waals surface area (Å²) in [6.45, 7) is 0.540. The highest BCUT2D eigenvalue weighted by atomic mass is 16.5. The Morgan fingerprint density at radius 2 is 2.21 bits per heavy atom. The predicted octanol–water partition coefficient (Wildman–Crippen LogP) is 2.71. The standard InChI is InChI=1S/C20H22N4O4/c1-24-15-8-7-14(11-16(15)27-12-17(24)25)18-22-20(28-23-18)19(26)21-10-9-13-5-3-2-4-6-13/h5,7-8,11H,2-4,6,9-10,12H2,1H3,(H,21,26). The van der Waals surface area contributed by atoms with Crippen LogP contribution < -0.4 is 15.0 Å². The van der Waals surface area contributed by atoms with E-state index in [1.165, 1.54) is 18.4 Å². The molecule has 2 amide bonds. The van der Waals surface area contributed by atoms with E-state index in [4.69, 9.17) is 9.26 Å². The van der Waals surface area contributed by atoms with Gasteiger partial charge in [-0.25, -0.2) is 0 Å². The van der Waals surface area contributed by atoms with Crippen LogP contribution in [0.1, 0.15) is 42.8 Å². The molecular weight excluding hydrogens is 360 g/mol. The Kier molecular flexibility index (Phi) is 5.10. The molecule has 8 heteroatoms. The lowest BCUT2D eigenvalue weighted by Crippen LogP contribution is -2.35. The Balaban J connectivity index is 1.40. The van der Waals surface area contributed by atoms with Gasteiger partial charge in [0.1, 0.15) is 5.75 Å². The van der Waals surface area contributed by atoms with Crippen molar-refractivity contribution in [3.8, 4) is 17.1 Å². The molecule has 0 fully saturated rings. The number of anilines is 1. The molecule has 2 heterocycles. The van der Waals surface area contributed by atoms with Gasteiger partial charge in [-0.1, -0.05) is 16.8 Å². The van der Waals surface area contributed by atoms with Gasteiger partial charge in [0.15, 0.2) is 6.61 Å². The summed E-state index contributed by atoms with van der Waals surface area (Å²) in [5.74, 6) is 0.304. The topological polar surface area (TPSA) is 97.6 Å². The first-order valence-electron chi connectivity index (χ1n) is 9.45. The Morgan fingerprint density at radius 1 is 1.32 bits per heavy atom. The monoisotopic (exact) mass is 382 g/mol. The number of aromatic nitrogens is 2. The number of carbonyl (C=O) groups is 2. The maximum atomic E-state index is 12.2. The molecule has 0 bridgehead atoms. The lowest BCUT2D eigenvalue weighted by molar-refractivity contribution is -0.120. The van der Waals surface area contributed by atoms with Crippen LogP contribution in [-0.2, 0) is 4.79 Å². The number of nitrogens with one attached hydrogen (secondary N) is 1. The number of rotatable bonds is 5. The molecule has 1 aromatic heterocycles. The fourth-order valence-corrected chi connectivity index (χ4v) is 3.39. The minimum absolute atomic E-state index is 0.0106. The number of nitrogens with zero attached hydrogens (tertiary/aromatic N) is 3. The van der Waals surface area contributed by atoms with E-state index < -0.39 is 0 Å². The second kappa shape index (κ2) is 7.84. The Bertz CT molecular complexity index is 934. The van der Waals surface area contributed by atoms with Crippen LogP contribution in [0.4, 0.5) is 5.69 Å². The van der Waals surface area contributed by atoms with E-state index in [0.717, 1.165) is 19.3 Å². The zero-order chi connectivity index (χ0) is 19.5. The Labute approximate surface area is 162 Å². The highest BCUT2D eigenvalue weighted by Crippen LogP contribution is 2.34. The second-order valence-electron chi connectivity index (χ2n) is 6.96. The van der Waals surface area contributed by atoms with Gasteiger partial charge in [-0.3, -0.25) is 9.59 Å². The van der Waals surface area contributed by atoms with E-state index in [0.29, 0.717) is 29.4 Å². The van der Waals surface area contributed by atoms with E-state index in [2.05, 4.69) is 21.5 Å². The summed E-state index contributed by atoms with van der Waals surface area (Å²) in [5.41, 5.74) is 2.73. The van der Waals surface area contributed by atoms with Crippen molar-refractivity contribution in [3.63, 3.8) is 0 Å². The van der Waals surface area contributed by atoms with Gasteiger partial charge in [0.05, 0.1) is 5.69 Å². The summed E-state index contributed by atoms with van der Waals surface area (Å²) in [5, 5.41) is 6.72. The molecule has 0 saturated carbocycles. The average Bonchev–Trinajstić information content (AvgIpc) is 3.22. The lowest BCUT2D eigenvalue weighted by Gasteiger charge is -2.25. The summed E-state index contributed by atoms with van der Waals surface area (Å²) in [6.07, 6.45) is 7.83. The molecule has 0 radical (unpaired) electrons. The molecule has 1 N–H and O–H groups in total. The van der Waals surface area contributed by atoms with Crippen LogP contribution in [0.5, 0.6) is 5.75 Å². The van der Waals surface area contributed by atoms with Crippen molar-refractivity contribution in [2.45, 2.75) is 32.1 Å². The first-order chi connectivity index (χ1) is 13.6. The van der Waals surface area contributed by atoms with Crippen molar-refractivity contribution in [1.82, 2.24) is 15.5 Å². The zero-order valence-corrected chi connectivity index (χ0v) is 15.7. The summed E-state index contributed by atoms with van der Waals surface area (Å²) in [6, 6.07) is 5.26. The molecule has 0 spiro atoms. The quantitative estimate of drug-likeness (QED) is 0.799. The SMILES string of the molecule is CN1C(=O)COc2cc(-c3noc(C(=O)NCCC4=CCCCC4)n3)ccc21. The van der Waals surface area contributed by atoms with Crippen LogP contribution >= 0.6 is 0 Å². The van der Waals surface area contributed by atoms with E-state index in [1.54, 1.807) is 30.1 Å². The molecule has 0 saturated heterocycles. The molecule has 0 atom stereocenters. The van der Waals surface area contributed by atoms with E-state index >= 15 is 0 Å². The van der Waals surface area contributed by atoms with Crippen molar-refractivity contribution >= 4 is 17.5 Å². The van der Waals surface area contributed by atoms with Crippen LogP contribution in [0.3, 0.4) is 0 Å². The van der Waals surface area contributed by atoms with Gasteiger partial charge < -0.3 is 19.5 Å². The lowest BCUT2D eigenvalue weighted by atomic mass is 9.97. The number of carbonyl (C=O) groups excluding carboxylic acids is 2. The van der Waals surface area contributed by atoms with Crippen LogP contribution in [0, 0.1) is 0 Å². The predicted molar refractivity (Wildman–Crippen MR) is 102 cm³/mol. The molecule has 1 aromatic carbocycles. The summed E-state index contributed by atoms with van der Waals surface area (Å²) in [4.78, 5) is 29.7. The van der Waals surface area contributed by atoms with E-state index in [1.807, 2.05) is 0 Å². The molecule has 146 valence electrons. The maximum absolute atomic E-state index is 12.2. The third kappa shape index (κ3) is 3.76. The average molecular weight is 382 g/mol. The van der Waals surface area contributed by atoms with Gasteiger partial charge in [0.2, 0.25) is 5.82 Å². The molecule has 4 rings (SSSR count). The number of ether oxygens (including phenoxy) is 1. The Hall–Kier alpha value is -3.16. The summed E-state index contributed by atoms with van der Waals surface area (Å²) < 4.78 is 10.6. The summed E-state index contributed by atoms with van der Waals surface area (Å²) >= 11 is 0.